The molecular formula is C13H22N2O3. The third-order valence-electron chi connectivity index (χ3n) is 3.42. The van der Waals surface area contributed by atoms with E-state index in [0.717, 1.165) is 37.1 Å². The van der Waals surface area contributed by atoms with Gasteiger partial charge in [0.2, 0.25) is 0 Å². The molecule has 1 aliphatic rings. The van der Waals surface area contributed by atoms with Crippen molar-refractivity contribution in [3.63, 3.8) is 0 Å². The Bertz CT molecular complexity index is 372. The zero-order valence-electron chi connectivity index (χ0n) is 11.2. The first-order chi connectivity index (χ1) is 8.61. The highest BCUT2D eigenvalue weighted by Crippen LogP contribution is 2.30. The number of aliphatic hydroxyl groups is 1. The van der Waals surface area contributed by atoms with Crippen molar-refractivity contribution in [2.45, 2.75) is 44.4 Å². The SMILES string of the molecule is COCc1cc(CN(C)CC2(O)CCCC2)no1. The maximum Gasteiger partial charge on any atom is 0.162 e. The van der Waals surface area contributed by atoms with E-state index in [9.17, 15) is 5.11 Å². The van der Waals surface area contributed by atoms with Crippen molar-refractivity contribution < 1.29 is 14.4 Å². The molecule has 1 saturated carbocycles. The van der Waals surface area contributed by atoms with Gasteiger partial charge in [0.1, 0.15) is 6.61 Å². The summed E-state index contributed by atoms with van der Waals surface area (Å²) in [6, 6.07) is 1.90. The first-order valence-corrected chi connectivity index (χ1v) is 6.46. The van der Waals surface area contributed by atoms with E-state index in [2.05, 4.69) is 10.1 Å². The highest BCUT2D eigenvalue weighted by atomic mass is 16.5. The van der Waals surface area contributed by atoms with Crippen molar-refractivity contribution in [2.24, 2.45) is 0 Å². The summed E-state index contributed by atoms with van der Waals surface area (Å²) in [6.07, 6.45) is 4.08. The molecule has 2 rings (SSSR count). The molecule has 18 heavy (non-hydrogen) atoms. The van der Waals surface area contributed by atoms with Crippen molar-refractivity contribution in [3.05, 3.63) is 17.5 Å². The quantitative estimate of drug-likeness (QED) is 0.834. The topological polar surface area (TPSA) is 58.7 Å². The lowest BCUT2D eigenvalue weighted by Crippen LogP contribution is -2.38. The van der Waals surface area contributed by atoms with Crippen molar-refractivity contribution in [2.75, 3.05) is 20.7 Å². The minimum absolute atomic E-state index is 0.445. The van der Waals surface area contributed by atoms with Gasteiger partial charge in [0, 0.05) is 26.3 Å². The van der Waals surface area contributed by atoms with Gasteiger partial charge in [0.15, 0.2) is 5.76 Å². The summed E-state index contributed by atoms with van der Waals surface area (Å²) in [6.45, 7) is 1.83. The first kappa shape index (κ1) is 13.5. The summed E-state index contributed by atoms with van der Waals surface area (Å²) in [5, 5.41) is 14.3. The summed E-state index contributed by atoms with van der Waals surface area (Å²) < 4.78 is 10.1. The van der Waals surface area contributed by atoms with Crippen molar-refractivity contribution in [1.82, 2.24) is 10.1 Å². The predicted molar refractivity (Wildman–Crippen MR) is 67.0 cm³/mol. The van der Waals surface area contributed by atoms with Crippen LogP contribution in [0.3, 0.4) is 0 Å². The number of likely N-dealkylation sites (N-methyl/N-ethyl adjacent to an activating group) is 1. The van der Waals surface area contributed by atoms with E-state index in [1.807, 2.05) is 13.1 Å². The molecule has 0 unspecified atom stereocenters. The molecule has 0 spiro atoms. The molecule has 5 nitrogen and oxygen atoms in total. The Morgan fingerprint density at radius 2 is 2.22 bits per heavy atom. The molecular weight excluding hydrogens is 232 g/mol. The zero-order chi connectivity index (χ0) is 13.0. The molecule has 0 aliphatic heterocycles. The Morgan fingerprint density at radius 3 is 2.89 bits per heavy atom. The Kier molecular flexibility index (Phi) is 4.37. The van der Waals surface area contributed by atoms with Crippen LogP contribution in [0.1, 0.15) is 37.1 Å². The minimum Gasteiger partial charge on any atom is -0.389 e. The van der Waals surface area contributed by atoms with E-state index in [0.29, 0.717) is 19.7 Å². The van der Waals surface area contributed by atoms with Crippen molar-refractivity contribution in [3.8, 4) is 0 Å². The Labute approximate surface area is 108 Å². The predicted octanol–water partition coefficient (Wildman–Crippen LogP) is 1.56. The average molecular weight is 254 g/mol. The maximum atomic E-state index is 10.3. The van der Waals surface area contributed by atoms with E-state index >= 15 is 0 Å². The van der Waals surface area contributed by atoms with Gasteiger partial charge in [-0.2, -0.15) is 0 Å². The van der Waals surface area contributed by atoms with Gasteiger partial charge >= 0.3 is 0 Å². The van der Waals surface area contributed by atoms with Gasteiger partial charge < -0.3 is 14.4 Å². The average Bonchev–Trinajstić information content (AvgIpc) is 2.89. The standard InChI is InChI=1S/C13H22N2O3/c1-15(10-13(16)5-3-4-6-13)8-11-7-12(9-17-2)18-14-11/h7,16H,3-6,8-10H2,1-2H3. The van der Waals surface area contributed by atoms with Crippen LogP contribution in [0.4, 0.5) is 0 Å². The molecule has 0 amide bonds. The second-order valence-electron chi connectivity index (χ2n) is 5.32. The number of methoxy groups -OCH3 is 1. The summed E-state index contributed by atoms with van der Waals surface area (Å²) in [7, 11) is 3.63. The second-order valence-corrected chi connectivity index (χ2v) is 5.32. The monoisotopic (exact) mass is 254 g/mol. The van der Waals surface area contributed by atoms with Crippen LogP contribution in [0.15, 0.2) is 10.6 Å². The van der Waals surface area contributed by atoms with E-state index in [1.54, 1.807) is 7.11 Å². The van der Waals surface area contributed by atoms with Crippen LogP contribution in [0, 0.1) is 0 Å². The van der Waals surface area contributed by atoms with Gasteiger partial charge in [-0.1, -0.05) is 18.0 Å². The summed E-state index contributed by atoms with van der Waals surface area (Å²) in [4.78, 5) is 2.10. The highest BCUT2D eigenvalue weighted by Gasteiger charge is 2.32. The highest BCUT2D eigenvalue weighted by molar-refractivity contribution is 5.04. The molecule has 0 aromatic carbocycles. The van der Waals surface area contributed by atoms with E-state index in [-0.39, 0.29) is 0 Å². The van der Waals surface area contributed by atoms with Crippen LogP contribution in [0.5, 0.6) is 0 Å². The van der Waals surface area contributed by atoms with Gasteiger partial charge in [0.05, 0.1) is 11.3 Å². The number of aromatic nitrogens is 1. The fraction of sp³-hybridized carbons (Fsp3) is 0.769. The number of ether oxygens (including phenoxy) is 1. The summed E-state index contributed by atoms with van der Waals surface area (Å²) in [5.74, 6) is 0.737. The lowest BCUT2D eigenvalue weighted by molar-refractivity contribution is 0.0140. The molecule has 1 aromatic heterocycles. The van der Waals surface area contributed by atoms with Crippen molar-refractivity contribution in [1.29, 1.82) is 0 Å². The molecule has 1 heterocycles. The number of hydrogen-bond acceptors (Lipinski definition) is 5. The molecule has 1 aromatic rings. The van der Waals surface area contributed by atoms with Crippen LogP contribution in [0.25, 0.3) is 0 Å². The molecule has 0 saturated heterocycles. The van der Waals surface area contributed by atoms with Crippen molar-refractivity contribution >= 4 is 0 Å². The lowest BCUT2D eigenvalue weighted by atomic mass is 10.0. The lowest BCUT2D eigenvalue weighted by Gasteiger charge is -2.27. The van der Waals surface area contributed by atoms with Crippen LogP contribution in [-0.2, 0) is 17.9 Å². The fourth-order valence-corrected chi connectivity index (χ4v) is 2.67. The maximum absolute atomic E-state index is 10.3. The number of hydrogen-bond donors (Lipinski definition) is 1. The molecule has 0 radical (unpaired) electrons. The van der Waals surface area contributed by atoms with Crippen LogP contribution < -0.4 is 0 Å². The van der Waals surface area contributed by atoms with Gasteiger partial charge in [-0.05, 0) is 19.9 Å². The molecule has 102 valence electrons. The summed E-state index contributed by atoms with van der Waals surface area (Å²) >= 11 is 0. The Hall–Kier alpha value is -0.910. The molecule has 1 N–H and O–H groups in total. The van der Waals surface area contributed by atoms with Gasteiger partial charge in [-0.25, -0.2) is 0 Å². The van der Waals surface area contributed by atoms with Crippen LogP contribution in [-0.4, -0.2) is 41.5 Å². The fourth-order valence-electron chi connectivity index (χ4n) is 2.67. The smallest absolute Gasteiger partial charge is 0.162 e. The largest absolute Gasteiger partial charge is 0.389 e. The van der Waals surface area contributed by atoms with Gasteiger partial charge in [-0.15, -0.1) is 0 Å². The number of nitrogens with zero attached hydrogens (tertiary/aromatic N) is 2. The van der Waals surface area contributed by atoms with E-state index in [4.69, 9.17) is 9.26 Å². The third kappa shape index (κ3) is 3.54. The molecule has 5 heteroatoms. The normalized spacial score (nSPS) is 18.7. The Balaban J connectivity index is 1.84. The van der Waals surface area contributed by atoms with Crippen LogP contribution in [0.2, 0.25) is 0 Å². The first-order valence-electron chi connectivity index (χ1n) is 6.46. The minimum atomic E-state index is -0.506. The van der Waals surface area contributed by atoms with Crippen LogP contribution >= 0.6 is 0 Å². The Morgan fingerprint density at radius 1 is 1.50 bits per heavy atom. The molecule has 0 atom stereocenters. The van der Waals surface area contributed by atoms with Gasteiger partial charge in [0.25, 0.3) is 0 Å². The van der Waals surface area contributed by atoms with E-state index < -0.39 is 5.60 Å². The molecule has 1 aliphatic carbocycles. The number of rotatable bonds is 6. The zero-order valence-corrected chi connectivity index (χ0v) is 11.2. The molecule has 1 fully saturated rings. The second kappa shape index (κ2) is 5.82. The summed E-state index contributed by atoms with van der Waals surface area (Å²) in [5.41, 5.74) is 0.375. The third-order valence-corrected chi connectivity index (χ3v) is 3.42. The van der Waals surface area contributed by atoms with Gasteiger partial charge in [-0.3, -0.25) is 4.90 Å². The molecule has 0 bridgehead atoms. The van der Waals surface area contributed by atoms with E-state index in [1.165, 1.54) is 0 Å².